The van der Waals surface area contributed by atoms with Crippen molar-refractivity contribution in [3.8, 4) is 0 Å². The molecule has 0 saturated carbocycles. The number of halogens is 3. The summed E-state index contributed by atoms with van der Waals surface area (Å²) < 4.78 is 37.4. The van der Waals surface area contributed by atoms with Crippen molar-refractivity contribution in [2.75, 3.05) is 26.6 Å². The molecule has 15 heavy (non-hydrogen) atoms. The van der Waals surface area contributed by atoms with Gasteiger partial charge in [-0.3, -0.25) is 0 Å². The summed E-state index contributed by atoms with van der Waals surface area (Å²) >= 11 is 0. The standard InChI is InChI=1S/C9H17BF3N2/c1-14-5-4-8-2-3-9(6-14)15(8)7-10(11,12)13/h8-9H,2-7H2,1H3/q-1. The maximum Gasteiger partial charge on any atom is 0.492 e. The fraction of sp³-hybridized carbons (Fsp3) is 1.00. The summed E-state index contributed by atoms with van der Waals surface area (Å²) in [6.45, 7) is -2.94. The second-order valence-electron chi connectivity index (χ2n) is 4.84. The van der Waals surface area contributed by atoms with E-state index in [1.165, 1.54) is 0 Å². The van der Waals surface area contributed by atoms with Gasteiger partial charge >= 0.3 is 6.98 Å². The van der Waals surface area contributed by atoms with Crippen LogP contribution < -0.4 is 0 Å². The first kappa shape index (κ1) is 11.3. The maximum absolute atomic E-state index is 12.5. The van der Waals surface area contributed by atoms with Gasteiger partial charge in [0.2, 0.25) is 0 Å². The molecular weight excluding hydrogens is 204 g/mol. The zero-order valence-corrected chi connectivity index (χ0v) is 9.00. The monoisotopic (exact) mass is 221 g/mol. The summed E-state index contributed by atoms with van der Waals surface area (Å²) in [7, 11) is 2.00. The van der Waals surface area contributed by atoms with Gasteiger partial charge in [-0.1, -0.05) is 0 Å². The third kappa shape index (κ3) is 2.66. The first-order chi connectivity index (χ1) is 6.96. The molecule has 2 saturated heterocycles. The van der Waals surface area contributed by atoms with Crippen LogP contribution in [0, 0.1) is 0 Å². The highest BCUT2D eigenvalue weighted by Gasteiger charge is 2.40. The van der Waals surface area contributed by atoms with Crippen molar-refractivity contribution in [3.05, 3.63) is 0 Å². The molecule has 0 radical (unpaired) electrons. The van der Waals surface area contributed by atoms with Crippen molar-refractivity contribution in [3.63, 3.8) is 0 Å². The summed E-state index contributed by atoms with van der Waals surface area (Å²) in [6, 6.07) is 0.300. The topological polar surface area (TPSA) is 6.48 Å². The molecule has 2 aliphatic rings. The van der Waals surface area contributed by atoms with Crippen LogP contribution >= 0.6 is 0 Å². The summed E-state index contributed by atoms with van der Waals surface area (Å²) in [5, 5.41) is 0. The van der Waals surface area contributed by atoms with E-state index in [0.717, 1.165) is 32.4 Å². The lowest BCUT2D eigenvalue weighted by Gasteiger charge is -2.32. The lowest BCUT2D eigenvalue weighted by atomic mass is 9.90. The Morgan fingerprint density at radius 1 is 1.13 bits per heavy atom. The van der Waals surface area contributed by atoms with E-state index in [4.69, 9.17) is 0 Å². The van der Waals surface area contributed by atoms with E-state index in [2.05, 4.69) is 4.90 Å². The predicted molar refractivity (Wildman–Crippen MR) is 54.7 cm³/mol. The third-order valence-corrected chi connectivity index (χ3v) is 3.56. The Morgan fingerprint density at radius 3 is 2.47 bits per heavy atom. The highest BCUT2D eigenvalue weighted by Crippen LogP contribution is 2.31. The van der Waals surface area contributed by atoms with Crippen LogP contribution in [0.1, 0.15) is 19.3 Å². The fourth-order valence-corrected chi connectivity index (χ4v) is 2.88. The molecule has 2 rings (SSSR count). The first-order valence-corrected chi connectivity index (χ1v) is 5.61. The molecule has 2 heterocycles. The average Bonchev–Trinajstić information content (AvgIpc) is 2.33. The van der Waals surface area contributed by atoms with Crippen LogP contribution in [0.25, 0.3) is 0 Å². The van der Waals surface area contributed by atoms with Crippen molar-refractivity contribution < 1.29 is 12.9 Å². The van der Waals surface area contributed by atoms with E-state index in [0.29, 0.717) is 0 Å². The Labute approximate surface area is 88.5 Å². The highest BCUT2D eigenvalue weighted by atomic mass is 19.4. The van der Waals surface area contributed by atoms with Crippen molar-refractivity contribution >= 4 is 6.98 Å². The minimum atomic E-state index is -4.67. The number of fused-ring (bicyclic) bond motifs is 2. The highest BCUT2D eigenvalue weighted by molar-refractivity contribution is 6.58. The van der Waals surface area contributed by atoms with Crippen molar-refractivity contribution in [2.45, 2.75) is 31.3 Å². The molecule has 2 unspecified atom stereocenters. The van der Waals surface area contributed by atoms with E-state index in [1.54, 1.807) is 4.90 Å². The number of rotatable bonds is 2. The molecule has 0 spiro atoms. The Morgan fingerprint density at radius 2 is 1.80 bits per heavy atom. The van der Waals surface area contributed by atoms with Crippen LogP contribution in [0.4, 0.5) is 12.9 Å². The SMILES string of the molecule is CN1CCC2CCC(C1)N2C[B-](F)(F)F. The normalized spacial score (nSPS) is 34.4. The molecule has 0 aromatic carbocycles. The fourth-order valence-electron chi connectivity index (χ4n) is 2.88. The molecular formula is C9H17BF3N2-. The Bertz CT molecular complexity index is 234. The smallest absolute Gasteiger partial charge is 0.448 e. The van der Waals surface area contributed by atoms with Crippen LogP contribution in [0.15, 0.2) is 0 Å². The van der Waals surface area contributed by atoms with Gasteiger partial charge in [-0.15, -0.1) is 0 Å². The maximum atomic E-state index is 12.5. The Balaban J connectivity index is 2.04. The van der Waals surface area contributed by atoms with Gasteiger partial charge in [0.25, 0.3) is 0 Å². The van der Waals surface area contributed by atoms with E-state index < -0.39 is 13.4 Å². The minimum absolute atomic E-state index is 0.131. The second kappa shape index (κ2) is 3.98. The van der Waals surface area contributed by atoms with Gasteiger partial charge in [-0.05, 0) is 39.3 Å². The first-order valence-electron chi connectivity index (χ1n) is 5.61. The minimum Gasteiger partial charge on any atom is -0.448 e. The number of likely N-dealkylation sites (tertiary alicyclic amines) is 1. The molecule has 88 valence electrons. The molecule has 0 N–H and O–H groups in total. The van der Waals surface area contributed by atoms with E-state index in [-0.39, 0.29) is 12.1 Å². The van der Waals surface area contributed by atoms with E-state index in [1.807, 2.05) is 7.05 Å². The molecule has 6 heteroatoms. The Kier molecular flexibility index (Phi) is 2.99. The molecule has 2 fully saturated rings. The molecule has 2 atom stereocenters. The molecule has 0 aliphatic carbocycles. The zero-order chi connectivity index (χ0) is 11.1. The third-order valence-electron chi connectivity index (χ3n) is 3.56. The van der Waals surface area contributed by atoms with Gasteiger partial charge < -0.3 is 22.7 Å². The quantitative estimate of drug-likeness (QED) is 0.652. The molecule has 0 aromatic heterocycles. The van der Waals surface area contributed by atoms with Crippen molar-refractivity contribution in [1.29, 1.82) is 0 Å². The molecule has 2 aliphatic heterocycles. The second-order valence-corrected chi connectivity index (χ2v) is 4.84. The Hall–Kier alpha value is -0.225. The molecule has 2 nitrogen and oxygen atoms in total. The van der Waals surface area contributed by atoms with Gasteiger partial charge in [0.1, 0.15) is 0 Å². The average molecular weight is 221 g/mol. The van der Waals surface area contributed by atoms with Gasteiger partial charge in [0.15, 0.2) is 0 Å². The van der Waals surface area contributed by atoms with Crippen LogP contribution in [-0.2, 0) is 0 Å². The number of hydrogen-bond acceptors (Lipinski definition) is 2. The lowest BCUT2D eigenvalue weighted by Crippen LogP contribution is -2.46. The van der Waals surface area contributed by atoms with E-state index in [9.17, 15) is 12.9 Å². The van der Waals surface area contributed by atoms with Gasteiger partial charge in [0.05, 0.1) is 0 Å². The van der Waals surface area contributed by atoms with Crippen molar-refractivity contribution in [2.24, 2.45) is 0 Å². The van der Waals surface area contributed by atoms with Gasteiger partial charge in [-0.2, -0.15) is 0 Å². The zero-order valence-electron chi connectivity index (χ0n) is 9.00. The summed E-state index contributed by atoms with van der Waals surface area (Å²) in [5.74, 6) is 0. The summed E-state index contributed by atoms with van der Waals surface area (Å²) in [6.07, 6.45) is 2.11. The molecule has 0 aromatic rings. The van der Waals surface area contributed by atoms with Crippen LogP contribution in [-0.4, -0.2) is 55.4 Å². The van der Waals surface area contributed by atoms with Gasteiger partial charge in [0, 0.05) is 18.6 Å². The van der Waals surface area contributed by atoms with Crippen LogP contribution in [0.2, 0.25) is 0 Å². The van der Waals surface area contributed by atoms with E-state index >= 15 is 0 Å². The number of nitrogens with zero attached hydrogens (tertiary/aromatic N) is 2. The number of likely N-dealkylation sites (N-methyl/N-ethyl adjacent to an activating group) is 1. The lowest BCUT2D eigenvalue weighted by molar-refractivity contribution is 0.201. The van der Waals surface area contributed by atoms with Crippen LogP contribution in [0.3, 0.4) is 0 Å². The molecule has 2 bridgehead atoms. The van der Waals surface area contributed by atoms with Crippen LogP contribution in [0.5, 0.6) is 0 Å². The molecule has 0 amide bonds. The predicted octanol–water partition coefficient (Wildman–Crippen LogP) is 1.54. The van der Waals surface area contributed by atoms with Crippen molar-refractivity contribution in [1.82, 2.24) is 9.80 Å². The summed E-state index contributed by atoms with van der Waals surface area (Å²) in [5.41, 5.74) is 0. The largest absolute Gasteiger partial charge is 0.492 e. The number of hydrogen-bond donors (Lipinski definition) is 0. The summed E-state index contributed by atoms with van der Waals surface area (Å²) in [4.78, 5) is 3.85. The van der Waals surface area contributed by atoms with Gasteiger partial charge in [-0.25, -0.2) is 0 Å².